The third-order valence-corrected chi connectivity index (χ3v) is 4.21. The molecule has 0 bridgehead atoms. The Kier molecular flexibility index (Phi) is 5.56. The zero-order valence-corrected chi connectivity index (χ0v) is 13.9. The van der Waals surface area contributed by atoms with Gasteiger partial charge >= 0.3 is 5.97 Å². The number of ether oxygens (including phenoxy) is 1. The Balaban J connectivity index is 1.89. The van der Waals surface area contributed by atoms with Gasteiger partial charge in [-0.25, -0.2) is 0 Å². The fourth-order valence-corrected chi connectivity index (χ4v) is 2.65. The summed E-state index contributed by atoms with van der Waals surface area (Å²) in [6, 6.07) is 9.10. The van der Waals surface area contributed by atoms with Crippen molar-refractivity contribution in [2.45, 2.75) is 25.9 Å². The number of amides is 1. The van der Waals surface area contributed by atoms with E-state index in [4.69, 9.17) is 10.00 Å². The monoisotopic (exact) mass is 364 g/mol. The van der Waals surface area contributed by atoms with Gasteiger partial charge in [0.05, 0.1) is 5.92 Å². The van der Waals surface area contributed by atoms with Gasteiger partial charge in [0.1, 0.15) is 6.07 Å². The minimum Gasteiger partial charge on any atom is -0.447 e. The molecule has 6 heteroatoms. The molecule has 116 valence electrons. The Labute approximate surface area is 138 Å². The van der Waals surface area contributed by atoms with Crippen molar-refractivity contribution >= 4 is 27.8 Å². The van der Waals surface area contributed by atoms with Crippen LogP contribution < -0.4 is 0 Å². The zero-order chi connectivity index (χ0) is 16.1. The molecule has 1 amide bonds. The van der Waals surface area contributed by atoms with Crippen LogP contribution in [0.4, 0.5) is 0 Å². The molecule has 1 aromatic rings. The van der Waals surface area contributed by atoms with Gasteiger partial charge in [-0.15, -0.1) is 0 Å². The van der Waals surface area contributed by atoms with Crippen molar-refractivity contribution in [3.8, 4) is 6.07 Å². The maximum atomic E-state index is 12.4. The second kappa shape index (κ2) is 7.41. The van der Waals surface area contributed by atoms with E-state index < -0.39 is 6.10 Å². The number of hydrogen-bond acceptors (Lipinski definition) is 4. The molecule has 0 aliphatic carbocycles. The summed E-state index contributed by atoms with van der Waals surface area (Å²) >= 11 is 3.34. The van der Waals surface area contributed by atoms with Crippen LogP contribution in [-0.2, 0) is 9.53 Å². The molecular formula is C16H17BrN2O3. The second-order valence-corrected chi connectivity index (χ2v) is 6.20. The van der Waals surface area contributed by atoms with Crippen molar-refractivity contribution in [3.05, 3.63) is 34.3 Å². The van der Waals surface area contributed by atoms with Crippen LogP contribution in [0.15, 0.2) is 28.7 Å². The molecule has 0 N–H and O–H groups in total. The first kappa shape index (κ1) is 16.5. The highest BCUT2D eigenvalue weighted by molar-refractivity contribution is 9.10. The van der Waals surface area contributed by atoms with Crippen LogP contribution in [0.5, 0.6) is 0 Å². The van der Waals surface area contributed by atoms with Crippen molar-refractivity contribution in [2.75, 3.05) is 13.1 Å². The number of piperidine rings is 1. The Morgan fingerprint density at radius 1 is 1.32 bits per heavy atom. The van der Waals surface area contributed by atoms with Crippen LogP contribution in [0.2, 0.25) is 0 Å². The highest BCUT2D eigenvalue weighted by Crippen LogP contribution is 2.21. The molecule has 2 rings (SSSR count). The summed E-state index contributed by atoms with van der Waals surface area (Å²) in [5.41, 5.74) is 0.641. The summed E-state index contributed by atoms with van der Waals surface area (Å²) in [4.78, 5) is 26.0. The fourth-order valence-electron chi connectivity index (χ4n) is 2.39. The van der Waals surface area contributed by atoms with E-state index in [2.05, 4.69) is 15.9 Å². The average Bonchev–Trinajstić information content (AvgIpc) is 2.55. The van der Waals surface area contributed by atoms with Crippen molar-refractivity contribution in [1.82, 2.24) is 4.90 Å². The van der Waals surface area contributed by atoms with Gasteiger partial charge in [0.25, 0.3) is 5.91 Å². The SMILES string of the molecule is C[C@@H](C#N)OC(=O)C1CCN(C(=O)c2ccc(Br)cc2)CC1. The Hall–Kier alpha value is -1.87. The second-order valence-electron chi connectivity index (χ2n) is 5.28. The van der Waals surface area contributed by atoms with Crippen LogP contribution in [0.1, 0.15) is 30.1 Å². The first-order chi connectivity index (χ1) is 10.5. The number of rotatable bonds is 3. The van der Waals surface area contributed by atoms with Gasteiger partial charge in [-0.3, -0.25) is 9.59 Å². The Morgan fingerprint density at radius 2 is 1.91 bits per heavy atom. The summed E-state index contributed by atoms with van der Waals surface area (Å²) in [6.07, 6.45) is 0.410. The number of nitrogens with zero attached hydrogens (tertiary/aromatic N) is 2. The smallest absolute Gasteiger partial charge is 0.310 e. The molecule has 0 aromatic heterocycles. The number of carbonyl (C=O) groups is 2. The molecule has 0 spiro atoms. The molecule has 1 aliphatic rings. The van der Waals surface area contributed by atoms with Gasteiger partial charge in [-0.05, 0) is 44.0 Å². The molecule has 1 heterocycles. The molecule has 22 heavy (non-hydrogen) atoms. The van der Waals surface area contributed by atoms with E-state index in [0.29, 0.717) is 31.5 Å². The van der Waals surface area contributed by atoms with E-state index in [9.17, 15) is 9.59 Å². The van der Waals surface area contributed by atoms with Gasteiger partial charge in [0.15, 0.2) is 6.10 Å². The molecule has 5 nitrogen and oxygen atoms in total. The van der Waals surface area contributed by atoms with E-state index in [1.807, 2.05) is 18.2 Å². The Morgan fingerprint density at radius 3 is 2.45 bits per heavy atom. The van der Waals surface area contributed by atoms with Crippen LogP contribution in [0.3, 0.4) is 0 Å². The zero-order valence-electron chi connectivity index (χ0n) is 12.3. The largest absolute Gasteiger partial charge is 0.447 e. The topological polar surface area (TPSA) is 70.4 Å². The lowest BCUT2D eigenvalue weighted by Gasteiger charge is -2.31. The number of esters is 1. The normalized spacial score (nSPS) is 16.7. The third-order valence-electron chi connectivity index (χ3n) is 3.68. The maximum absolute atomic E-state index is 12.4. The van der Waals surface area contributed by atoms with Crippen molar-refractivity contribution in [3.63, 3.8) is 0 Å². The van der Waals surface area contributed by atoms with Crippen molar-refractivity contribution < 1.29 is 14.3 Å². The van der Waals surface area contributed by atoms with E-state index in [1.165, 1.54) is 0 Å². The lowest BCUT2D eigenvalue weighted by atomic mass is 9.96. The van der Waals surface area contributed by atoms with Gasteiger partial charge in [0, 0.05) is 23.1 Å². The van der Waals surface area contributed by atoms with Crippen LogP contribution in [-0.4, -0.2) is 36.0 Å². The maximum Gasteiger partial charge on any atom is 0.310 e. The summed E-state index contributed by atoms with van der Waals surface area (Å²) < 4.78 is 5.95. The molecule has 1 atom stereocenters. The summed E-state index contributed by atoms with van der Waals surface area (Å²) in [7, 11) is 0. The van der Waals surface area contributed by atoms with Crippen molar-refractivity contribution in [1.29, 1.82) is 5.26 Å². The predicted octanol–water partition coefficient (Wildman–Crippen LogP) is 2.76. The van der Waals surface area contributed by atoms with E-state index >= 15 is 0 Å². The molecule has 1 aliphatic heterocycles. The molecule has 1 saturated heterocycles. The fraction of sp³-hybridized carbons (Fsp3) is 0.438. The standard InChI is InChI=1S/C16H17BrN2O3/c1-11(10-18)22-16(21)13-6-8-19(9-7-13)15(20)12-2-4-14(17)5-3-12/h2-5,11,13H,6-9H2,1H3/t11-/m0/s1. The van der Waals surface area contributed by atoms with Crippen LogP contribution in [0.25, 0.3) is 0 Å². The van der Waals surface area contributed by atoms with Gasteiger partial charge in [-0.2, -0.15) is 5.26 Å². The lowest BCUT2D eigenvalue weighted by Crippen LogP contribution is -2.41. The number of likely N-dealkylation sites (tertiary alicyclic amines) is 1. The lowest BCUT2D eigenvalue weighted by molar-refractivity contribution is -0.152. The first-order valence-electron chi connectivity index (χ1n) is 7.16. The minimum absolute atomic E-state index is 0.0234. The number of halogens is 1. The van der Waals surface area contributed by atoms with Crippen LogP contribution in [0, 0.1) is 17.2 Å². The number of benzene rings is 1. The average molecular weight is 365 g/mol. The molecule has 0 radical (unpaired) electrons. The molecule has 1 fully saturated rings. The molecule has 0 unspecified atom stereocenters. The van der Waals surface area contributed by atoms with Crippen LogP contribution >= 0.6 is 15.9 Å². The predicted molar refractivity (Wildman–Crippen MR) is 83.9 cm³/mol. The summed E-state index contributed by atoms with van der Waals surface area (Å²) in [6.45, 7) is 2.59. The molecular weight excluding hydrogens is 348 g/mol. The number of nitriles is 1. The van der Waals surface area contributed by atoms with E-state index in [1.54, 1.807) is 24.0 Å². The molecule has 0 saturated carbocycles. The summed E-state index contributed by atoms with van der Waals surface area (Å²) in [5.74, 6) is -0.598. The number of carbonyl (C=O) groups excluding carboxylic acids is 2. The van der Waals surface area contributed by atoms with Gasteiger partial charge in [0.2, 0.25) is 0 Å². The first-order valence-corrected chi connectivity index (χ1v) is 7.95. The highest BCUT2D eigenvalue weighted by atomic mass is 79.9. The Bertz CT molecular complexity index is 586. The van der Waals surface area contributed by atoms with Crippen molar-refractivity contribution in [2.24, 2.45) is 5.92 Å². The minimum atomic E-state index is -0.727. The number of hydrogen-bond donors (Lipinski definition) is 0. The van der Waals surface area contributed by atoms with Gasteiger partial charge in [-0.1, -0.05) is 15.9 Å². The summed E-state index contributed by atoms with van der Waals surface area (Å²) in [5, 5.41) is 8.66. The molecule has 1 aromatic carbocycles. The van der Waals surface area contributed by atoms with E-state index in [0.717, 1.165) is 4.47 Å². The van der Waals surface area contributed by atoms with E-state index in [-0.39, 0.29) is 17.8 Å². The third kappa shape index (κ3) is 4.08. The highest BCUT2D eigenvalue weighted by Gasteiger charge is 2.29. The van der Waals surface area contributed by atoms with Gasteiger partial charge < -0.3 is 9.64 Å². The quantitative estimate of drug-likeness (QED) is 0.773.